The molecule has 4 rings (SSSR count). The molecule has 0 bridgehead atoms. The van der Waals surface area contributed by atoms with Crippen molar-refractivity contribution in [1.29, 1.82) is 0 Å². The SMILES string of the molecule is CN1O[C@H]2C(=O)N(c3ccc(Cl)cc3Cl)C(=O)[C@H]2[C@@H]1c1ccccc1. The van der Waals surface area contributed by atoms with Crippen LogP contribution < -0.4 is 4.90 Å². The third-order valence-electron chi connectivity index (χ3n) is 4.60. The molecule has 2 amide bonds. The number of halogens is 2. The summed E-state index contributed by atoms with van der Waals surface area (Å²) in [7, 11) is 1.73. The number of carbonyl (C=O) groups is 2. The number of anilines is 1. The number of imide groups is 1. The largest absolute Gasteiger partial charge is 0.284 e. The molecule has 3 atom stereocenters. The molecule has 0 aliphatic carbocycles. The Bertz CT molecular complexity index is 859. The van der Waals surface area contributed by atoms with E-state index in [4.69, 9.17) is 28.0 Å². The molecular formula is C18H14Cl2N2O3. The van der Waals surface area contributed by atoms with E-state index in [2.05, 4.69) is 0 Å². The zero-order chi connectivity index (χ0) is 17.7. The molecule has 2 aromatic carbocycles. The van der Waals surface area contributed by atoms with Crippen molar-refractivity contribution in [1.82, 2.24) is 5.06 Å². The van der Waals surface area contributed by atoms with Gasteiger partial charge in [0.2, 0.25) is 5.91 Å². The number of carbonyl (C=O) groups excluding carboxylic acids is 2. The minimum absolute atomic E-state index is 0.249. The van der Waals surface area contributed by atoms with Gasteiger partial charge >= 0.3 is 0 Å². The molecule has 128 valence electrons. The molecule has 0 radical (unpaired) electrons. The van der Waals surface area contributed by atoms with E-state index in [1.807, 2.05) is 30.3 Å². The first-order chi connectivity index (χ1) is 12.0. The van der Waals surface area contributed by atoms with Crippen LogP contribution in [0.3, 0.4) is 0 Å². The van der Waals surface area contributed by atoms with Crippen LogP contribution >= 0.6 is 23.2 Å². The Hall–Kier alpha value is -1.92. The van der Waals surface area contributed by atoms with Crippen LogP contribution in [0.5, 0.6) is 0 Å². The molecule has 2 aromatic rings. The summed E-state index contributed by atoms with van der Waals surface area (Å²) in [6, 6.07) is 13.9. The highest BCUT2D eigenvalue weighted by Crippen LogP contribution is 2.45. The number of nitrogens with zero attached hydrogens (tertiary/aromatic N) is 2. The maximum atomic E-state index is 13.1. The molecule has 0 spiro atoms. The van der Waals surface area contributed by atoms with Crippen molar-refractivity contribution >= 4 is 40.7 Å². The van der Waals surface area contributed by atoms with E-state index < -0.39 is 17.9 Å². The van der Waals surface area contributed by atoms with Crippen molar-refractivity contribution in [2.75, 3.05) is 11.9 Å². The summed E-state index contributed by atoms with van der Waals surface area (Å²) in [6.07, 6.45) is -0.852. The molecule has 5 nitrogen and oxygen atoms in total. The quantitative estimate of drug-likeness (QED) is 0.753. The Morgan fingerprint density at radius 2 is 1.72 bits per heavy atom. The van der Waals surface area contributed by atoms with E-state index in [1.165, 1.54) is 6.07 Å². The first-order valence-electron chi connectivity index (χ1n) is 7.76. The fourth-order valence-corrected chi connectivity index (χ4v) is 4.01. The molecule has 2 fully saturated rings. The smallest absolute Gasteiger partial charge is 0.266 e. The van der Waals surface area contributed by atoms with Gasteiger partial charge in [-0.25, -0.2) is 4.90 Å². The highest BCUT2D eigenvalue weighted by molar-refractivity contribution is 6.38. The summed E-state index contributed by atoms with van der Waals surface area (Å²) < 4.78 is 0. The molecule has 2 aliphatic rings. The van der Waals surface area contributed by atoms with Crippen LogP contribution in [0.15, 0.2) is 48.5 Å². The molecule has 0 saturated carbocycles. The van der Waals surface area contributed by atoms with Crippen molar-refractivity contribution in [3.05, 3.63) is 64.1 Å². The maximum absolute atomic E-state index is 13.1. The summed E-state index contributed by atoms with van der Waals surface area (Å²) in [5, 5.41) is 2.27. The van der Waals surface area contributed by atoms with Gasteiger partial charge in [0.1, 0.15) is 0 Å². The molecule has 25 heavy (non-hydrogen) atoms. The van der Waals surface area contributed by atoms with Gasteiger partial charge < -0.3 is 0 Å². The number of rotatable bonds is 2. The molecule has 2 saturated heterocycles. The van der Waals surface area contributed by atoms with Gasteiger partial charge in [0.15, 0.2) is 6.10 Å². The number of fused-ring (bicyclic) bond motifs is 1. The lowest BCUT2D eigenvalue weighted by molar-refractivity contribution is -0.160. The molecule has 2 aliphatic heterocycles. The van der Waals surface area contributed by atoms with Gasteiger partial charge in [-0.05, 0) is 23.8 Å². The van der Waals surface area contributed by atoms with E-state index in [9.17, 15) is 9.59 Å². The fraction of sp³-hybridized carbons (Fsp3) is 0.222. The minimum Gasteiger partial charge on any atom is -0.284 e. The topological polar surface area (TPSA) is 49.9 Å². The Kier molecular flexibility index (Phi) is 4.04. The lowest BCUT2D eigenvalue weighted by Crippen LogP contribution is -2.36. The van der Waals surface area contributed by atoms with Gasteiger partial charge in [-0.2, -0.15) is 5.06 Å². The van der Waals surface area contributed by atoms with Crippen molar-refractivity contribution < 1.29 is 14.4 Å². The van der Waals surface area contributed by atoms with Crippen LogP contribution in [0.25, 0.3) is 0 Å². The van der Waals surface area contributed by atoms with Gasteiger partial charge in [-0.1, -0.05) is 53.5 Å². The van der Waals surface area contributed by atoms with Crippen LogP contribution in [0, 0.1) is 5.92 Å². The number of hydrogen-bond donors (Lipinski definition) is 0. The van der Waals surface area contributed by atoms with Crippen LogP contribution in [-0.4, -0.2) is 30.0 Å². The maximum Gasteiger partial charge on any atom is 0.266 e. The van der Waals surface area contributed by atoms with E-state index in [1.54, 1.807) is 24.2 Å². The number of hydroxylamine groups is 2. The second-order valence-electron chi connectivity index (χ2n) is 6.06. The third-order valence-corrected chi connectivity index (χ3v) is 5.14. The second-order valence-corrected chi connectivity index (χ2v) is 6.90. The number of hydrogen-bond acceptors (Lipinski definition) is 4. The highest BCUT2D eigenvalue weighted by atomic mass is 35.5. The summed E-state index contributed by atoms with van der Waals surface area (Å²) >= 11 is 12.1. The molecule has 0 unspecified atom stereocenters. The highest BCUT2D eigenvalue weighted by Gasteiger charge is 2.59. The van der Waals surface area contributed by atoms with Crippen LogP contribution in [-0.2, 0) is 14.4 Å². The van der Waals surface area contributed by atoms with Crippen LogP contribution in [0.4, 0.5) is 5.69 Å². The average molecular weight is 377 g/mol. The molecule has 0 N–H and O–H groups in total. The van der Waals surface area contributed by atoms with E-state index in [0.717, 1.165) is 10.5 Å². The number of amides is 2. The van der Waals surface area contributed by atoms with Crippen molar-refractivity contribution in [2.24, 2.45) is 5.92 Å². The van der Waals surface area contributed by atoms with Gasteiger partial charge in [0.05, 0.1) is 22.7 Å². The predicted molar refractivity (Wildman–Crippen MR) is 94.3 cm³/mol. The summed E-state index contributed by atoms with van der Waals surface area (Å²) in [5.41, 5.74) is 1.25. The molecule has 7 heteroatoms. The van der Waals surface area contributed by atoms with Gasteiger partial charge in [0, 0.05) is 12.1 Å². The van der Waals surface area contributed by atoms with Gasteiger partial charge in [0.25, 0.3) is 5.91 Å². The molecular weight excluding hydrogens is 363 g/mol. The lowest BCUT2D eigenvalue weighted by atomic mass is 9.91. The Balaban J connectivity index is 1.74. The Morgan fingerprint density at radius 3 is 2.40 bits per heavy atom. The average Bonchev–Trinajstić information content (AvgIpc) is 3.04. The first-order valence-corrected chi connectivity index (χ1v) is 8.52. The van der Waals surface area contributed by atoms with Gasteiger partial charge in [-0.3, -0.25) is 14.4 Å². The third kappa shape index (κ3) is 2.55. The number of benzene rings is 2. The van der Waals surface area contributed by atoms with Crippen molar-refractivity contribution in [2.45, 2.75) is 12.1 Å². The zero-order valence-electron chi connectivity index (χ0n) is 13.2. The monoisotopic (exact) mass is 376 g/mol. The van der Waals surface area contributed by atoms with Crippen molar-refractivity contribution in [3.8, 4) is 0 Å². The van der Waals surface area contributed by atoms with Gasteiger partial charge in [-0.15, -0.1) is 0 Å². The first kappa shape index (κ1) is 16.5. The Morgan fingerprint density at radius 1 is 1.00 bits per heavy atom. The van der Waals surface area contributed by atoms with Crippen LogP contribution in [0.2, 0.25) is 10.0 Å². The Labute approximate surface area is 154 Å². The summed E-state index contributed by atoms with van der Waals surface area (Å²) in [5.74, 6) is -1.35. The zero-order valence-corrected chi connectivity index (χ0v) is 14.7. The fourth-order valence-electron chi connectivity index (χ4n) is 3.52. The van der Waals surface area contributed by atoms with E-state index in [-0.39, 0.29) is 17.0 Å². The standard InChI is InChI=1S/C18H14Cl2N2O3/c1-21-15(10-5-3-2-4-6-10)14-16(25-21)18(24)22(17(14)23)13-8-7-11(19)9-12(13)20/h2-9,14-16H,1H3/t14-,15-,16+/m0/s1. The second kappa shape index (κ2) is 6.11. The summed E-state index contributed by atoms with van der Waals surface area (Å²) in [6.45, 7) is 0. The molecule has 2 heterocycles. The van der Waals surface area contributed by atoms with E-state index >= 15 is 0 Å². The van der Waals surface area contributed by atoms with E-state index in [0.29, 0.717) is 10.7 Å². The predicted octanol–water partition coefficient (Wildman–Crippen LogP) is 3.47. The summed E-state index contributed by atoms with van der Waals surface area (Å²) in [4.78, 5) is 32.7. The normalized spacial score (nSPS) is 26.4. The van der Waals surface area contributed by atoms with Crippen molar-refractivity contribution in [3.63, 3.8) is 0 Å². The van der Waals surface area contributed by atoms with Crippen LogP contribution in [0.1, 0.15) is 11.6 Å². The minimum atomic E-state index is -0.852. The molecule has 0 aromatic heterocycles. The lowest BCUT2D eigenvalue weighted by Gasteiger charge is -2.24.